The van der Waals surface area contributed by atoms with Gasteiger partial charge in [0.15, 0.2) is 0 Å². The van der Waals surface area contributed by atoms with Gasteiger partial charge in [-0.3, -0.25) is 0 Å². The minimum atomic E-state index is -0.0973. The van der Waals surface area contributed by atoms with Crippen LogP contribution in [0.25, 0.3) is 0 Å². The lowest BCUT2D eigenvalue weighted by atomic mass is 10.1. The van der Waals surface area contributed by atoms with Gasteiger partial charge >= 0.3 is 0 Å². The van der Waals surface area contributed by atoms with E-state index in [4.69, 9.17) is 22.9 Å². The highest BCUT2D eigenvalue weighted by Crippen LogP contribution is 2.00. The second kappa shape index (κ2) is 13.8. The van der Waals surface area contributed by atoms with Gasteiger partial charge in [-0.1, -0.05) is 26.7 Å². The zero-order chi connectivity index (χ0) is 12.1. The van der Waals surface area contributed by atoms with Crippen LogP contribution in [0.4, 0.5) is 0 Å². The molecule has 0 saturated carbocycles. The minimum Gasteiger partial charge on any atom is -0.330 e. The first kappa shape index (κ1) is 17.2. The summed E-state index contributed by atoms with van der Waals surface area (Å²) < 4.78 is 0. The number of nitrogens with two attached hydrogens (primary N) is 4. The molecule has 0 aliphatic carbocycles. The zero-order valence-electron chi connectivity index (χ0n) is 10.4. The van der Waals surface area contributed by atoms with E-state index in [1.54, 1.807) is 0 Å². The van der Waals surface area contributed by atoms with E-state index in [0.29, 0.717) is 5.92 Å². The van der Waals surface area contributed by atoms with E-state index in [-0.39, 0.29) is 6.17 Å². The predicted molar refractivity (Wildman–Crippen MR) is 68.2 cm³/mol. The molecule has 0 fully saturated rings. The molecule has 0 aromatic heterocycles. The van der Waals surface area contributed by atoms with Crippen molar-refractivity contribution in [3.05, 3.63) is 0 Å². The van der Waals surface area contributed by atoms with Crippen LogP contribution in [0.1, 0.15) is 46.0 Å². The van der Waals surface area contributed by atoms with Crippen molar-refractivity contribution in [2.75, 3.05) is 13.1 Å². The summed E-state index contributed by atoms with van der Waals surface area (Å²) in [7, 11) is 0. The van der Waals surface area contributed by atoms with Crippen molar-refractivity contribution in [1.29, 1.82) is 0 Å². The average Bonchev–Trinajstić information content (AvgIpc) is 2.23. The lowest BCUT2D eigenvalue weighted by Gasteiger charge is -2.04. The molecule has 0 rings (SSSR count). The third kappa shape index (κ3) is 20.0. The summed E-state index contributed by atoms with van der Waals surface area (Å²) in [5.41, 5.74) is 21.2. The Morgan fingerprint density at radius 1 is 1.00 bits per heavy atom. The summed E-state index contributed by atoms with van der Waals surface area (Å²) in [6, 6.07) is 0. The quantitative estimate of drug-likeness (QED) is 0.473. The Balaban J connectivity index is 0. The molecule has 0 aliphatic rings. The smallest absolute Gasteiger partial charge is 0.0520 e. The van der Waals surface area contributed by atoms with Crippen molar-refractivity contribution in [3.8, 4) is 0 Å². The molecule has 4 nitrogen and oxygen atoms in total. The summed E-state index contributed by atoms with van der Waals surface area (Å²) >= 11 is 0. The normalized spacial score (nSPS) is 12.2. The molecule has 1 atom stereocenters. The van der Waals surface area contributed by atoms with Crippen molar-refractivity contribution in [2.24, 2.45) is 28.9 Å². The van der Waals surface area contributed by atoms with Gasteiger partial charge in [-0.25, -0.2) is 0 Å². The first-order valence-corrected chi connectivity index (χ1v) is 5.99. The lowest BCUT2D eigenvalue weighted by Crippen LogP contribution is -2.29. The topological polar surface area (TPSA) is 104 Å². The number of rotatable bonds is 7. The molecular formula is C11H30N4. The maximum Gasteiger partial charge on any atom is 0.0520 e. The Morgan fingerprint density at radius 2 is 1.60 bits per heavy atom. The minimum absolute atomic E-state index is 0.0973. The largest absolute Gasteiger partial charge is 0.330 e. The summed E-state index contributed by atoms with van der Waals surface area (Å²) in [5.74, 6) is 0.651. The van der Waals surface area contributed by atoms with E-state index in [1.165, 1.54) is 12.8 Å². The van der Waals surface area contributed by atoms with E-state index >= 15 is 0 Å². The van der Waals surface area contributed by atoms with Crippen LogP contribution in [0.2, 0.25) is 0 Å². The Morgan fingerprint density at radius 3 is 1.87 bits per heavy atom. The molecule has 0 heterocycles. The molecule has 0 aromatic carbocycles. The molecule has 1 unspecified atom stereocenters. The molecule has 4 heteroatoms. The fourth-order valence-electron chi connectivity index (χ4n) is 1.02. The molecule has 0 bridgehead atoms. The van der Waals surface area contributed by atoms with Crippen molar-refractivity contribution in [1.82, 2.24) is 0 Å². The van der Waals surface area contributed by atoms with Crippen LogP contribution < -0.4 is 22.9 Å². The number of unbranched alkanes of at least 4 members (excludes halogenated alkanes) is 1. The first-order valence-electron chi connectivity index (χ1n) is 5.99. The van der Waals surface area contributed by atoms with Crippen LogP contribution in [-0.4, -0.2) is 19.3 Å². The third-order valence-electron chi connectivity index (χ3n) is 2.19. The molecular weight excluding hydrogens is 188 g/mol. The summed E-state index contributed by atoms with van der Waals surface area (Å²) in [5, 5.41) is 0. The summed E-state index contributed by atoms with van der Waals surface area (Å²) in [4.78, 5) is 0. The highest BCUT2D eigenvalue weighted by molar-refractivity contribution is 4.52. The maximum absolute atomic E-state index is 5.37. The van der Waals surface area contributed by atoms with Crippen molar-refractivity contribution in [2.45, 2.75) is 52.1 Å². The van der Waals surface area contributed by atoms with Gasteiger partial charge in [0.25, 0.3) is 0 Å². The highest BCUT2D eigenvalue weighted by Gasteiger charge is 1.95. The molecule has 0 amide bonds. The molecule has 0 saturated heterocycles. The number of hydrogen-bond donors (Lipinski definition) is 4. The van der Waals surface area contributed by atoms with E-state index in [1.807, 2.05) is 0 Å². The SMILES string of the molecule is CC(CN)CCCN.CCCCC(N)N. The van der Waals surface area contributed by atoms with Gasteiger partial charge in [0.05, 0.1) is 6.17 Å². The van der Waals surface area contributed by atoms with E-state index in [0.717, 1.165) is 32.4 Å². The van der Waals surface area contributed by atoms with Gasteiger partial charge in [-0.05, 0) is 38.3 Å². The molecule has 15 heavy (non-hydrogen) atoms. The first-order chi connectivity index (χ1) is 7.08. The van der Waals surface area contributed by atoms with E-state index in [2.05, 4.69) is 13.8 Å². The molecule has 0 aliphatic heterocycles. The Kier molecular flexibility index (Phi) is 15.9. The Labute approximate surface area is 94.8 Å². The van der Waals surface area contributed by atoms with E-state index < -0.39 is 0 Å². The van der Waals surface area contributed by atoms with Crippen LogP contribution in [0.3, 0.4) is 0 Å². The average molecular weight is 218 g/mol. The van der Waals surface area contributed by atoms with Crippen molar-refractivity contribution in [3.63, 3.8) is 0 Å². The highest BCUT2D eigenvalue weighted by atomic mass is 14.8. The van der Waals surface area contributed by atoms with Gasteiger partial charge in [-0.2, -0.15) is 0 Å². The van der Waals surface area contributed by atoms with Crippen LogP contribution in [0, 0.1) is 5.92 Å². The van der Waals surface area contributed by atoms with Gasteiger partial charge in [0, 0.05) is 0 Å². The number of hydrogen-bond acceptors (Lipinski definition) is 4. The predicted octanol–water partition coefficient (Wildman–Crippen LogP) is 0.740. The maximum atomic E-state index is 5.37. The lowest BCUT2D eigenvalue weighted by molar-refractivity contribution is 0.525. The standard InChI is InChI=1S/C6H16N2.C5H14N2/c1-6(5-8)3-2-4-7;1-2-3-4-5(6)7/h6H,2-5,7-8H2,1H3;5H,2-4,6-7H2,1H3. The molecule has 94 valence electrons. The van der Waals surface area contributed by atoms with Gasteiger partial charge in [0.2, 0.25) is 0 Å². The van der Waals surface area contributed by atoms with E-state index in [9.17, 15) is 0 Å². The third-order valence-corrected chi connectivity index (χ3v) is 2.19. The molecule has 8 N–H and O–H groups in total. The Bertz CT molecular complexity index is 107. The summed E-state index contributed by atoms with van der Waals surface area (Å²) in [6.45, 7) is 5.86. The zero-order valence-corrected chi connectivity index (χ0v) is 10.4. The van der Waals surface area contributed by atoms with Crippen LogP contribution in [0.15, 0.2) is 0 Å². The van der Waals surface area contributed by atoms with Crippen LogP contribution >= 0.6 is 0 Å². The van der Waals surface area contributed by atoms with Crippen molar-refractivity contribution < 1.29 is 0 Å². The second-order valence-electron chi connectivity index (χ2n) is 4.08. The molecule has 0 radical (unpaired) electrons. The Hall–Kier alpha value is -0.160. The van der Waals surface area contributed by atoms with Gasteiger partial charge < -0.3 is 22.9 Å². The summed E-state index contributed by atoms with van der Waals surface area (Å²) in [6.07, 6.45) is 5.48. The fraction of sp³-hybridized carbons (Fsp3) is 1.00. The second-order valence-corrected chi connectivity index (χ2v) is 4.08. The molecule has 0 spiro atoms. The van der Waals surface area contributed by atoms with Gasteiger partial charge in [-0.15, -0.1) is 0 Å². The van der Waals surface area contributed by atoms with Gasteiger partial charge in [0.1, 0.15) is 0 Å². The van der Waals surface area contributed by atoms with Crippen LogP contribution in [0.5, 0.6) is 0 Å². The van der Waals surface area contributed by atoms with Crippen molar-refractivity contribution >= 4 is 0 Å². The molecule has 0 aromatic rings. The van der Waals surface area contributed by atoms with Crippen LogP contribution in [-0.2, 0) is 0 Å². The monoisotopic (exact) mass is 218 g/mol. The fourth-order valence-corrected chi connectivity index (χ4v) is 1.02.